The maximum absolute atomic E-state index is 13.9. The summed E-state index contributed by atoms with van der Waals surface area (Å²) in [6.45, 7) is 6.52. The van der Waals surface area contributed by atoms with E-state index in [0.29, 0.717) is 24.2 Å². The molecule has 1 nitrogen and oxygen atoms in total. The van der Waals surface area contributed by atoms with Gasteiger partial charge in [0.2, 0.25) is 0 Å². The van der Waals surface area contributed by atoms with Crippen molar-refractivity contribution in [1.29, 1.82) is 0 Å². The van der Waals surface area contributed by atoms with Crippen LogP contribution in [0.2, 0.25) is 0 Å². The number of rotatable bonds is 0. The van der Waals surface area contributed by atoms with Crippen LogP contribution in [0.4, 0.5) is 4.39 Å². The van der Waals surface area contributed by atoms with Crippen LogP contribution in [0.1, 0.15) is 72.1 Å². The Morgan fingerprint density at radius 2 is 1.88 bits per heavy atom. The second-order valence-electron chi connectivity index (χ2n) is 9.33. The molecule has 0 aromatic carbocycles. The molecule has 3 saturated carbocycles. The van der Waals surface area contributed by atoms with Gasteiger partial charge < -0.3 is 5.11 Å². The average Bonchev–Trinajstić information content (AvgIpc) is 2.80. The zero-order chi connectivity index (χ0) is 17.2. The smallest absolute Gasteiger partial charge is 0.131 e. The monoisotopic (exact) mass is 330 g/mol. The van der Waals surface area contributed by atoms with E-state index in [9.17, 15) is 9.50 Å². The van der Waals surface area contributed by atoms with Crippen LogP contribution in [0.5, 0.6) is 0 Å². The van der Waals surface area contributed by atoms with E-state index in [-0.39, 0.29) is 10.8 Å². The molecule has 0 heterocycles. The highest BCUT2D eigenvalue weighted by molar-refractivity contribution is 5.29. The fourth-order valence-corrected chi connectivity index (χ4v) is 7.04. The SMILES string of the molecule is CC#C[C@]1(O)CCC2C3CC=C4C[C@@H](F)CC[C@]4(C)C3CC[C@@]21C. The lowest BCUT2D eigenvalue weighted by atomic mass is 9.47. The van der Waals surface area contributed by atoms with Crippen molar-refractivity contribution in [2.45, 2.75) is 83.9 Å². The molecule has 4 rings (SSSR count). The predicted octanol–water partition coefficient (Wildman–Crippen LogP) is 5.04. The van der Waals surface area contributed by atoms with Crippen molar-refractivity contribution in [2.24, 2.45) is 28.6 Å². The summed E-state index contributed by atoms with van der Waals surface area (Å²) in [6, 6.07) is 0. The highest BCUT2D eigenvalue weighted by Crippen LogP contribution is 2.67. The van der Waals surface area contributed by atoms with E-state index in [1.807, 2.05) is 6.92 Å². The Labute approximate surface area is 146 Å². The summed E-state index contributed by atoms with van der Waals surface area (Å²) in [7, 11) is 0. The molecular formula is C22H31FO. The van der Waals surface area contributed by atoms with Gasteiger partial charge in [-0.05, 0) is 75.0 Å². The van der Waals surface area contributed by atoms with Gasteiger partial charge in [0, 0.05) is 11.8 Å². The topological polar surface area (TPSA) is 20.2 Å². The van der Waals surface area contributed by atoms with Gasteiger partial charge in [0.15, 0.2) is 0 Å². The molecular weight excluding hydrogens is 299 g/mol. The third-order valence-electron chi connectivity index (χ3n) is 8.53. The lowest BCUT2D eigenvalue weighted by Gasteiger charge is -2.58. The number of hydrogen-bond donors (Lipinski definition) is 1. The van der Waals surface area contributed by atoms with Crippen molar-refractivity contribution in [3.8, 4) is 11.8 Å². The fraction of sp³-hybridized carbons (Fsp3) is 0.818. The standard InChI is InChI=1S/C22H31FO/c1-4-10-22(24)13-9-19-17-6-5-15-14-16(23)7-11-20(15,2)18(17)8-12-21(19,22)3/h5,16-19,24H,6-9,11-14H2,1-3H3/t16-,17?,18?,19?,20-,21-,22-/m0/s1. The van der Waals surface area contributed by atoms with Crippen LogP contribution in [0, 0.1) is 40.4 Å². The molecule has 0 spiro atoms. The molecule has 2 heteroatoms. The van der Waals surface area contributed by atoms with E-state index in [2.05, 4.69) is 31.8 Å². The van der Waals surface area contributed by atoms with Crippen molar-refractivity contribution in [3.63, 3.8) is 0 Å². The molecule has 3 fully saturated rings. The van der Waals surface area contributed by atoms with E-state index in [0.717, 1.165) is 44.9 Å². The van der Waals surface area contributed by atoms with E-state index in [1.165, 1.54) is 5.57 Å². The molecule has 0 aromatic rings. The molecule has 0 aliphatic heterocycles. The Bertz CT molecular complexity index is 628. The van der Waals surface area contributed by atoms with Gasteiger partial charge in [-0.15, -0.1) is 5.92 Å². The largest absolute Gasteiger partial charge is 0.377 e. The van der Waals surface area contributed by atoms with Gasteiger partial charge in [0.25, 0.3) is 0 Å². The normalized spacial score (nSPS) is 53.1. The Hall–Kier alpha value is -0.810. The van der Waals surface area contributed by atoms with Gasteiger partial charge in [-0.3, -0.25) is 0 Å². The van der Waals surface area contributed by atoms with Crippen molar-refractivity contribution in [1.82, 2.24) is 0 Å². The van der Waals surface area contributed by atoms with E-state index < -0.39 is 11.8 Å². The van der Waals surface area contributed by atoms with Crippen molar-refractivity contribution in [2.75, 3.05) is 0 Å². The van der Waals surface area contributed by atoms with Crippen molar-refractivity contribution in [3.05, 3.63) is 11.6 Å². The summed E-state index contributed by atoms with van der Waals surface area (Å²) in [5, 5.41) is 11.2. The van der Waals surface area contributed by atoms with Gasteiger partial charge in [0.05, 0.1) is 0 Å². The lowest BCUT2D eigenvalue weighted by Crippen LogP contribution is -2.54. The van der Waals surface area contributed by atoms with Crippen molar-refractivity contribution < 1.29 is 9.50 Å². The van der Waals surface area contributed by atoms with Crippen LogP contribution in [-0.4, -0.2) is 16.9 Å². The van der Waals surface area contributed by atoms with Crippen LogP contribution in [0.15, 0.2) is 11.6 Å². The van der Waals surface area contributed by atoms with Crippen LogP contribution in [-0.2, 0) is 0 Å². The molecule has 1 N–H and O–H groups in total. The highest BCUT2D eigenvalue weighted by Gasteiger charge is 2.63. The Morgan fingerprint density at radius 1 is 1.12 bits per heavy atom. The molecule has 0 aromatic heterocycles. The van der Waals surface area contributed by atoms with Crippen LogP contribution in [0.3, 0.4) is 0 Å². The minimum Gasteiger partial charge on any atom is -0.377 e. The van der Waals surface area contributed by atoms with Gasteiger partial charge in [-0.1, -0.05) is 31.4 Å². The van der Waals surface area contributed by atoms with Crippen LogP contribution in [0.25, 0.3) is 0 Å². The van der Waals surface area contributed by atoms with Gasteiger partial charge in [-0.25, -0.2) is 4.39 Å². The zero-order valence-corrected chi connectivity index (χ0v) is 15.4. The molecule has 0 bridgehead atoms. The van der Waals surface area contributed by atoms with Crippen LogP contribution >= 0.6 is 0 Å². The van der Waals surface area contributed by atoms with E-state index in [1.54, 1.807) is 0 Å². The summed E-state index contributed by atoms with van der Waals surface area (Å²) in [5.41, 5.74) is 0.715. The molecule has 7 atom stereocenters. The van der Waals surface area contributed by atoms with Gasteiger partial charge >= 0.3 is 0 Å². The second-order valence-corrected chi connectivity index (χ2v) is 9.33. The minimum absolute atomic E-state index is 0.0732. The summed E-state index contributed by atoms with van der Waals surface area (Å²) >= 11 is 0. The first-order valence-corrected chi connectivity index (χ1v) is 9.84. The Kier molecular flexibility index (Phi) is 3.70. The first-order chi connectivity index (χ1) is 11.3. The van der Waals surface area contributed by atoms with Gasteiger partial charge in [-0.2, -0.15) is 0 Å². The number of alkyl halides is 1. The van der Waals surface area contributed by atoms with E-state index >= 15 is 0 Å². The summed E-state index contributed by atoms with van der Waals surface area (Å²) < 4.78 is 13.9. The minimum atomic E-state index is -0.807. The van der Waals surface area contributed by atoms with E-state index in [4.69, 9.17) is 0 Å². The zero-order valence-electron chi connectivity index (χ0n) is 15.4. The first-order valence-electron chi connectivity index (χ1n) is 9.84. The average molecular weight is 330 g/mol. The Morgan fingerprint density at radius 3 is 2.62 bits per heavy atom. The maximum Gasteiger partial charge on any atom is 0.131 e. The second kappa shape index (κ2) is 5.34. The molecule has 24 heavy (non-hydrogen) atoms. The number of fused-ring (bicyclic) bond motifs is 5. The number of halogens is 1. The quantitative estimate of drug-likeness (QED) is 0.487. The summed E-state index contributed by atoms with van der Waals surface area (Å²) in [5.74, 6) is 8.01. The maximum atomic E-state index is 13.9. The molecule has 4 aliphatic carbocycles. The molecule has 0 radical (unpaired) electrons. The molecule has 0 amide bonds. The number of aliphatic hydroxyl groups is 1. The molecule has 4 aliphatic rings. The fourth-order valence-electron chi connectivity index (χ4n) is 7.04. The molecule has 0 saturated heterocycles. The van der Waals surface area contributed by atoms with Crippen molar-refractivity contribution >= 4 is 0 Å². The highest BCUT2D eigenvalue weighted by atomic mass is 19.1. The first kappa shape index (κ1) is 16.6. The predicted molar refractivity (Wildman–Crippen MR) is 95.0 cm³/mol. The third-order valence-corrected chi connectivity index (χ3v) is 8.53. The molecule has 3 unspecified atom stereocenters. The third kappa shape index (κ3) is 2.03. The number of hydrogen-bond acceptors (Lipinski definition) is 1. The lowest BCUT2D eigenvalue weighted by molar-refractivity contribution is -0.0957. The summed E-state index contributed by atoms with van der Waals surface area (Å²) in [4.78, 5) is 0. The Balaban J connectivity index is 1.69. The summed E-state index contributed by atoms with van der Waals surface area (Å²) in [6.07, 6.45) is 9.35. The van der Waals surface area contributed by atoms with Gasteiger partial charge in [0.1, 0.15) is 11.8 Å². The number of allylic oxidation sites excluding steroid dienone is 2. The molecule has 132 valence electrons. The van der Waals surface area contributed by atoms with Crippen LogP contribution < -0.4 is 0 Å².